The zero-order chi connectivity index (χ0) is 34.9. The summed E-state index contributed by atoms with van der Waals surface area (Å²) in [4.78, 5) is 29.2. The van der Waals surface area contributed by atoms with Crippen LogP contribution >= 0.6 is 23.2 Å². The highest BCUT2D eigenvalue weighted by Gasteiger charge is 2.52. The quantitative estimate of drug-likeness (QED) is 0.123. The van der Waals surface area contributed by atoms with E-state index in [2.05, 4.69) is 94.4 Å². The Morgan fingerprint density at radius 3 is 1.98 bits per heavy atom. The predicted octanol–water partition coefficient (Wildman–Crippen LogP) is 8.29. The van der Waals surface area contributed by atoms with Crippen molar-refractivity contribution in [3.8, 4) is 0 Å². The summed E-state index contributed by atoms with van der Waals surface area (Å²) < 4.78 is 12.9. The van der Waals surface area contributed by atoms with Gasteiger partial charge in [-0.15, -0.1) is 0 Å². The number of carbonyl (C=O) groups excluding carboxylic acids is 2. The number of ether oxygens (including phenoxy) is 1. The summed E-state index contributed by atoms with van der Waals surface area (Å²) in [5, 5.41) is 3.11. The maximum Gasteiger partial charge on any atom is 0.309 e. The number of carbonyl (C=O) groups is 2. The second-order valence-electron chi connectivity index (χ2n) is 14.3. The molecule has 1 aliphatic heterocycles. The Morgan fingerprint density at radius 2 is 1.41 bits per heavy atom. The van der Waals surface area contributed by atoms with Crippen LogP contribution in [0.15, 0.2) is 97.1 Å². The highest BCUT2D eigenvalue weighted by Crippen LogP contribution is 2.51. The highest BCUT2D eigenvalue weighted by molar-refractivity contribution is 6.99. The van der Waals surface area contributed by atoms with Crippen LogP contribution in [0, 0.1) is 5.92 Å². The van der Waals surface area contributed by atoms with Crippen LogP contribution in [0.5, 0.6) is 0 Å². The highest BCUT2D eigenvalue weighted by atomic mass is 35.5. The fraction of sp³-hybridized carbons (Fsp3) is 0.366. The lowest BCUT2D eigenvalue weighted by atomic mass is 9.84. The number of nitrogens with zero attached hydrogens (tertiary/aromatic N) is 1. The smallest absolute Gasteiger partial charge is 0.309 e. The first-order valence-corrected chi connectivity index (χ1v) is 19.9. The summed E-state index contributed by atoms with van der Waals surface area (Å²) >= 11 is 13.2. The minimum absolute atomic E-state index is 0.0505. The molecule has 1 heterocycles. The van der Waals surface area contributed by atoms with E-state index in [1.807, 2.05) is 24.0 Å². The minimum atomic E-state index is -2.90. The number of benzene rings is 4. The van der Waals surface area contributed by atoms with Gasteiger partial charge >= 0.3 is 5.97 Å². The third kappa shape index (κ3) is 6.85. The molecule has 49 heavy (non-hydrogen) atoms. The van der Waals surface area contributed by atoms with Gasteiger partial charge in [-0.05, 0) is 82.4 Å². The van der Waals surface area contributed by atoms with E-state index in [0.717, 1.165) is 12.0 Å². The average molecular weight is 715 g/mol. The molecule has 0 spiro atoms. The molecule has 8 heteroatoms. The second-order valence-corrected chi connectivity index (χ2v) is 19.4. The Bertz CT molecular complexity index is 1750. The molecule has 1 unspecified atom stereocenters. The maximum absolute atomic E-state index is 14.5. The van der Waals surface area contributed by atoms with E-state index >= 15 is 0 Å². The number of rotatable bonds is 10. The van der Waals surface area contributed by atoms with Crippen LogP contribution in [0.3, 0.4) is 0 Å². The first-order valence-electron chi connectivity index (χ1n) is 17.2. The molecule has 1 saturated carbocycles. The Labute approximate surface area is 301 Å². The molecule has 1 aliphatic carbocycles. The van der Waals surface area contributed by atoms with E-state index in [-0.39, 0.29) is 47.3 Å². The van der Waals surface area contributed by atoms with E-state index in [1.54, 1.807) is 18.2 Å². The molecular weight excluding hydrogens is 669 g/mol. The van der Waals surface area contributed by atoms with Crippen molar-refractivity contribution in [1.82, 2.24) is 4.90 Å². The van der Waals surface area contributed by atoms with Crippen LogP contribution in [-0.4, -0.2) is 44.3 Å². The molecule has 1 amide bonds. The van der Waals surface area contributed by atoms with Gasteiger partial charge in [0.25, 0.3) is 8.32 Å². The summed E-state index contributed by atoms with van der Waals surface area (Å²) in [6.45, 7) is 11.5. The number of esters is 1. The van der Waals surface area contributed by atoms with E-state index in [1.165, 1.54) is 21.5 Å². The van der Waals surface area contributed by atoms with E-state index in [4.69, 9.17) is 32.4 Å². The molecule has 0 N–H and O–H groups in total. The molecule has 4 aromatic carbocycles. The van der Waals surface area contributed by atoms with Crippen molar-refractivity contribution in [2.75, 3.05) is 13.2 Å². The van der Waals surface area contributed by atoms with E-state index in [0.29, 0.717) is 35.2 Å². The van der Waals surface area contributed by atoms with Gasteiger partial charge < -0.3 is 14.1 Å². The largest absolute Gasteiger partial charge is 0.466 e. The van der Waals surface area contributed by atoms with Gasteiger partial charge in [0.05, 0.1) is 37.6 Å². The fourth-order valence-corrected chi connectivity index (χ4v) is 13.1. The summed E-state index contributed by atoms with van der Waals surface area (Å²) in [6, 6.07) is 32.3. The summed E-state index contributed by atoms with van der Waals surface area (Å²) in [5.74, 6) is -0.196. The molecule has 2 aliphatic rings. The number of hydrogen-bond donors (Lipinski definition) is 0. The molecule has 256 valence electrons. The van der Waals surface area contributed by atoms with Crippen LogP contribution in [0.1, 0.15) is 75.3 Å². The summed E-state index contributed by atoms with van der Waals surface area (Å²) in [6.07, 6.45) is 1.48. The van der Waals surface area contributed by atoms with Gasteiger partial charge in [-0.1, -0.05) is 129 Å². The van der Waals surface area contributed by atoms with Gasteiger partial charge in [0.1, 0.15) is 0 Å². The molecule has 0 radical (unpaired) electrons. The third-order valence-corrected chi connectivity index (χ3v) is 16.0. The normalized spacial score (nSPS) is 20.4. The monoisotopic (exact) mass is 713 g/mol. The minimum Gasteiger partial charge on any atom is -0.466 e. The lowest BCUT2D eigenvalue weighted by Gasteiger charge is -2.47. The van der Waals surface area contributed by atoms with Crippen molar-refractivity contribution < 1.29 is 18.8 Å². The van der Waals surface area contributed by atoms with Gasteiger partial charge in [0, 0.05) is 10.0 Å². The molecule has 6 rings (SSSR count). The Kier molecular flexibility index (Phi) is 10.4. The first kappa shape index (κ1) is 35.4. The summed E-state index contributed by atoms with van der Waals surface area (Å²) in [5.41, 5.74) is 4.12. The number of fused-ring (bicyclic) bond motifs is 1. The number of amides is 1. The van der Waals surface area contributed by atoms with E-state index < -0.39 is 8.32 Å². The van der Waals surface area contributed by atoms with Crippen molar-refractivity contribution in [3.05, 3.63) is 129 Å². The Balaban J connectivity index is 1.42. The predicted molar refractivity (Wildman–Crippen MR) is 200 cm³/mol. The van der Waals surface area contributed by atoms with Gasteiger partial charge in [0.15, 0.2) is 0 Å². The third-order valence-electron chi connectivity index (χ3n) is 10.3. The molecule has 0 bridgehead atoms. The molecule has 4 atom stereocenters. The average Bonchev–Trinajstić information content (AvgIpc) is 3.88. The van der Waals surface area contributed by atoms with Crippen molar-refractivity contribution >= 4 is 53.8 Å². The molecule has 4 aromatic rings. The lowest BCUT2D eigenvalue weighted by Crippen LogP contribution is -2.67. The molecule has 0 aromatic heterocycles. The van der Waals surface area contributed by atoms with Crippen molar-refractivity contribution in [2.24, 2.45) is 5.92 Å². The first-order chi connectivity index (χ1) is 23.5. The van der Waals surface area contributed by atoms with Crippen LogP contribution in [0.2, 0.25) is 15.1 Å². The molecule has 0 saturated heterocycles. The fourth-order valence-electron chi connectivity index (χ4n) is 7.93. The van der Waals surface area contributed by atoms with Crippen molar-refractivity contribution in [2.45, 2.75) is 76.9 Å². The molecule has 1 fully saturated rings. The van der Waals surface area contributed by atoms with Gasteiger partial charge in [-0.3, -0.25) is 9.59 Å². The van der Waals surface area contributed by atoms with Crippen LogP contribution in [-0.2, 0) is 31.6 Å². The lowest BCUT2D eigenvalue weighted by molar-refractivity contribution is -0.144. The van der Waals surface area contributed by atoms with Gasteiger partial charge in [-0.2, -0.15) is 0 Å². The van der Waals surface area contributed by atoms with Crippen LogP contribution in [0.25, 0.3) is 0 Å². The zero-order valence-electron chi connectivity index (χ0n) is 28.9. The Morgan fingerprint density at radius 1 is 0.837 bits per heavy atom. The SMILES string of the molecule is CCOC(=O)[C@H]1CC1c1cccc2c1C[C@H](CO[Si](c1ccccc1)(c1ccccc1)C(C)(C)C)N(C(=O)Cc1c(Cl)cccc1Cl)[C@H]2C. The molecular formula is C41H45Cl2NO4Si. The zero-order valence-corrected chi connectivity index (χ0v) is 31.4. The van der Waals surface area contributed by atoms with E-state index in [9.17, 15) is 9.59 Å². The number of hydrogen-bond acceptors (Lipinski definition) is 4. The molecule has 5 nitrogen and oxygen atoms in total. The van der Waals surface area contributed by atoms with Crippen LogP contribution in [0.4, 0.5) is 0 Å². The van der Waals surface area contributed by atoms with Gasteiger partial charge in [-0.25, -0.2) is 0 Å². The van der Waals surface area contributed by atoms with Gasteiger partial charge in [0.2, 0.25) is 5.91 Å². The van der Waals surface area contributed by atoms with Crippen molar-refractivity contribution in [3.63, 3.8) is 0 Å². The maximum atomic E-state index is 14.5. The standard InChI is InChI=1S/C41H45Cl2NO4Si/c1-6-47-40(46)35-24-34(35)32-20-13-19-31-27(2)44(39(45)25-36-37(42)21-14-22-38(36)43)28(23-33(31)32)26-48-49(41(3,4)5,29-15-9-7-10-16-29)30-17-11-8-12-18-30/h7-22,27-28,34-35H,6,23-26H2,1-5H3/t27-,28+,34?,35-/m0/s1. The summed E-state index contributed by atoms with van der Waals surface area (Å²) in [7, 11) is -2.90. The Hall–Kier alpha value is -3.42. The number of halogens is 2. The topological polar surface area (TPSA) is 55.8 Å². The second kappa shape index (κ2) is 14.4. The van der Waals surface area contributed by atoms with Crippen molar-refractivity contribution in [1.29, 1.82) is 0 Å². The van der Waals surface area contributed by atoms with Crippen LogP contribution < -0.4 is 10.4 Å².